The first kappa shape index (κ1) is 21.4. The number of nitrogens with zero attached hydrogens (tertiary/aromatic N) is 1. The molecule has 8 nitrogen and oxygen atoms in total. The number of anilines is 2. The van der Waals surface area contributed by atoms with Crippen LogP contribution in [0.15, 0.2) is 78.0 Å². The molecule has 0 saturated carbocycles. The predicted molar refractivity (Wildman–Crippen MR) is 112 cm³/mol. The number of nitrogens with two attached hydrogens (primary N) is 1. The molecular formula is C20H18ClN4O4S+. The summed E-state index contributed by atoms with van der Waals surface area (Å²) < 4.78 is 24.1. The molecule has 0 fully saturated rings. The number of hydrogen-bond donors (Lipinski definition) is 3. The molecule has 1 heterocycles. The maximum atomic E-state index is 12.4. The fourth-order valence-corrected chi connectivity index (χ4v) is 3.23. The van der Waals surface area contributed by atoms with Gasteiger partial charge in [-0.15, -0.1) is 0 Å². The molecule has 0 saturated heterocycles. The second-order valence-electron chi connectivity index (χ2n) is 6.34. The number of rotatable bonds is 6. The normalized spacial score (nSPS) is 11.0. The predicted octanol–water partition coefficient (Wildman–Crippen LogP) is 2.17. The van der Waals surface area contributed by atoms with Gasteiger partial charge in [0, 0.05) is 22.5 Å². The lowest BCUT2D eigenvalue weighted by molar-refractivity contribution is -0.684. The molecule has 4 N–H and O–H groups in total. The summed E-state index contributed by atoms with van der Waals surface area (Å²) in [5, 5.41) is 11.0. The van der Waals surface area contributed by atoms with E-state index in [2.05, 4.69) is 10.6 Å². The number of carbonyl (C=O) groups is 2. The summed E-state index contributed by atoms with van der Waals surface area (Å²) in [7, 11) is -3.80. The SMILES string of the molecule is NS(=O)(=O)c1ccc(NC(=O)C[n+]2cccc(C(=O)Nc3ccc(Cl)cc3)c2)cc1. The zero-order valence-electron chi connectivity index (χ0n) is 15.6. The molecule has 154 valence electrons. The number of sulfonamides is 1. The number of primary sulfonamides is 1. The van der Waals surface area contributed by atoms with E-state index in [0.29, 0.717) is 22.0 Å². The third-order valence-corrected chi connectivity index (χ3v) is 5.20. The van der Waals surface area contributed by atoms with E-state index in [1.807, 2.05) is 0 Å². The van der Waals surface area contributed by atoms with Crippen molar-refractivity contribution in [1.82, 2.24) is 0 Å². The van der Waals surface area contributed by atoms with E-state index in [-0.39, 0.29) is 23.3 Å². The standard InChI is InChI=1S/C20H17ClN4O4S/c21-15-3-5-17(6-4-15)24-20(27)14-2-1-11-25(12-14)13-19(26)23-16-7-9-18(10-8-16)30(22,28)29/h1-12H,13H2,(H3-,22,23,24,26,27,28,29)/p+1. The Bertz CT molecular complexity index is 1180. The lowest BCUT2D eigenvalue weighted by atomic mass is 10.2. The van der Waals surface area contributed by atoms with Crippen LogP contribution in [-0.4, -0.2) is 20.2 Å². The van der Waals surface area contributed by atoms with Gasteiger partial charge in [-0.1, -0.05) is 11.6 Å². The molecule has 1 aromatic heterocycles. The van der Waals surface area contributed by atoms with Crippen molar-refractivity contribution in [2.75, 3.05) is 10.6 Å². The number of halogens is 1. The summed E-state index contributed by atoms with van der Waals surface area (Å²) in [6, 6.07) is 15.5. The Kier molecular flexibility index (Phi) is 6.46. The Morgan fingerprint density at radius 3 is 2.17 bits per heavy atom. The van der Waals surface area contributed by atoms with Gasteiger partial charge in [-0.25, -0.2) is 13.6 Å². The first-order chi connectivity index (χ1) is 14.2. The first-order valence-corrected chi connectivity index (χ1v) is 10.6. The van der Waals surface area contributed by atoms with Crippen molar-refractivity contribution < 1.29 is 22.6 Å². The van der Waals surface area contributed by atoms with Gasteiger partial charge >= 0.3 is 0 Å². The smallest absolute Gasteiger partial charge is 0.290 e. The molecule has 0 radical (unpaired) electrons. The fourth-order valence-electron chi connectivity index (χ4n) is 2.59. The van der Waals surface area contributed by atoms with Crippen LogP contribution in [-0.2, 0) is 21.4 Å². The fraction of sp³-hybridized carbons (Fsp3) is 0.0500. The number of nitrogens with one attached hydrogen (secondary N) is 2. The lowest BCUT2D eigenvalue weighted by Gasteiger charge is -2.06. The average Bonchev–Trinajstić information content (AvgIpc) is 2.69. The van der Waals surface area contributed by atoms with Gasteiger partial charge in [-0.05, 0) is 54.6 Å². The van der Waals surface area contributed by atoms with Gasteiger partial charge in [0.1, 0.15) is 5.56 Å². The van der Waals surface area contributed by atoms with Crippen molar-refractivity contribution in [3.05, 3.63) is 83.6 Å². The van der Waals surface area contributed by atoms with Crippen LogP contribution >= 0.6 is 11.6 Å². The second kappa shape index (κ2) is 9.04. The number of aromatic nitrogens is 1. The Labute approximate surface area is 178 Å². The van der Waals surface area contributed by atoms with Gasteiger partial charge in [0.25, 0.3) is 11.8 Å². The van der Waals surface area contributed by atoms with Crippen LogP contribution in [0.2, 0.25) is 5.02 Å². The maximum absolute atomic E-state index is 12.4. The van der Waals surface area contributed by atoms with E-state index < -0.39 is 10.0 Å². The number of amides is 2. The Balaban J connectivity index is 1.63. The minimum absolute atomic E-state index is 0.0427. The zero-order chi connectivity index (χ0) is 21.7. The second-order valence-corrected chi connectivity index (χ2v) is 8.34. The first-order valence-electron chi connectivity index (χ1n) is 8.69. The molecule has 3 aromatic rings. The van der Waals surface area contributed by atoms with Crippen LogP contribution in [0.25, 0.3) is 0 Å². The summed E-state index contributed by atoms with van der Waals surface area (Å²) in [5.41, 5.74) is 1.39. The summed E-state index contributed by atoms with van der Waals surface area (Å²) in [6.45, 7) is -0.0427. The molecule has 0 aliphatic rings. The summed E-state index contributed by atoms with van der Waals surface area (Å²) in [5.74, 6) is -0.677. The molecule has 0 aliphatic heterocycles. The van der Waals surface area contributed by atoms with Crippen LogP contribution < -0.4 is 20.3 Å². The number of benzene rings is 2. The summed E-state index contributed by atoms with van der Waals surface area (Å²) in [4.78, 5) is 24.7. The van der Waals surface area contributed by atoms with E-state index in [0.717, 1.165) is 0 Å². The number of carbonyl (C=O) groups excluding carboxylic acids is 2. The van der Waals surface area contributed by atoms with Gasteiger partial charge in [0.2, 0.25) is 16.6 Å². The van der Waals surface area contributed by atoms with Gasteiger partial charge in [-0.3, -0.25) is 9.59 Å². The van der Waals surface area contributed by atoms with Crippen LogP contribution in [0.1, 0.15) is 10.4 Å². The van der Waals surface area contributed by atoms with Gasteiger partial charge < -0.3 is 10.6 Å². The summed E-state index contributed by atoms with van der Waals surface area (Å²) in [6.07, 6.45) is 3.21. The minimum Gasteiger partial charge on any atom is -0.322 e. The van der Waals surface area contributed by atoms with Crippen molar-refractivity contribution >= 4 is 44.8 Å². The molecule has 3 rings (SSSR count). The van der Waals surface area contributed by atoms with Crippen molar-refractivity contribution in [2.24, 2.45) is 5.14 Å². The molecule has 10 heteroatoms. The zero-order valence-corrected chi connectivity index (χ0v) is 17.2. The third-order valence-electron chi connectivity index (χ3n) is 4.02. The molecule has 0 aliphatic carbocycles. The maximum Gasteiger partial charge on any atom is 0.290 e. The Hall–Kier alpha value is -3.27. The highest BCUT2D eigenvalue weighted by Crippen LogP contribution is 2.14. The monoisotopic (exact) mass is 445 g/mol. The summed E-state index contributed by atoms with van der Waals surface area (Å²) >= 11 is 5.83. The lowest BCUT2D eigenvalue weighted by Crippen LogP contribution is -2.40. The molecule has 2 amide bonds. The van der Waals surface area contributed by atoms with Gasteiger partial charge in [-0.2, -0.15) is 4.57 Å². The Morgan fingerprint density at radius 1 is 0.933 bits per heavy atom. The van der Waals surface area contributed by atoms with Crippen LogP contribution in [0, 0.1) is 0 Å². The van der Waals surface area contributed by atoms with Gasteiger partial charge in [0.05, 0.1) is 4.90 Å². The molecule has 30 heavy (non-hydrogen) atoms. The van der Waals surface area contributed by atoms with Crippen molar-refractivity contribution in [3.63, 3.8) is 0 Å². The van der Waals surface area contributed by atoms with Gasteiger partial charge in [0.15, 0.2) is 12.4 Å². The van der Waals surface area contributed by atoms with Crippen molar-refractivity contribution in [2.45, 2.75) is 11.4 Å². The number of pyridine rings is 1. The molecule has 2 aromatic carbocycles. The molecule has 0 unspecified atom stereocenters. The Morgan fingerprint density at radius 2 is 1.53 bits per heavy atom. The van der Waals surface area contributed by atoms with E-state index in [1.165, 1.54) is 24.3 Å². The molecule has 0 atom stereocenters. The highest BCUT2D eigenvalue weighted by Gasteiger charge is 2.15. The topological polar surface area (TPSA) is 122 Å². The quantitative estimate of drug-likeness (QED) is 0.503. The van der Waals surface area contributed by atoms with Crippen molar-refractivity contribution in [1.29, 1.82) is 0 Å². The van der Waals surface area contributed by atoms with E-state index >= 15 is 0 Å². The average molecular weight is 446 g/mol. The van der Waals surface area contributed by atoms with E-state index in [1.54, 1.807) is 53.4 Å². The number of hydrogen-bond acceptors (Lipinski definition) is 4. The minimum atomic E-state index is -3.80. The molecule has 0 bridgehead atoms. The van der Waals surface area contributed by atoms with Crippen LogP contribution in [0.4, 0.5) is 11.4 Å². The van der Waals surface area contributed by atoms with Crippen LogP contribution in [0.5, 0.6) is 0 Å². The third kappa shape index (κ3) is 5.86. The molecule has 0 spiro atoms. The van der Waals surface area contributed by atoms with Crippen molar-refractivity contribution in [3.8, 4) is 0 Å². The highest BCUT2D eigenvalue weighted by molar-refractivity contribution is 7.89. The van der Waals surface area contributed by atoms with E-state index in [4.69, 9.17) is 16.7 Å². The largest absolute Gasteiger partial charge is 0.322 e. The van der Waals surface area contributed by atoms with Crippen LogP contribution in [0.3, 0.4) is 0 Å². The van der Waals surface area contributed by atoms with E-state index in [9.17, 15) is 18.0 Å². The highest BCUT2D eigenvalue weighted by atomic mass is 35.5. The molecular weight excluding hydrogens is 428 g/mol.